The summed E-state index contributed by atoms with van der Waals surface area (Å²) in [6, 6.07) is 5.94. The average Bonchev–Trinajstić information content (AvgIpc) is 2.66. The lowest BCUT2D eigenvalue weighted by molar-refractivity contribution is 1.01. The smallest absolute Gasteiger partial charge is 0.203 e. The van der Waals surface area contributed by atoms with E-state index in [2.05, 4.69) is 15.2 Å². The summed E-state index contributed by atoms with van der Waals surface area (Å²) in [6.45, 7) is 0. The van der Waals surface area contributed by atoms with Crippen molar-refractivity contribution in [2.24, 2.45) is 0 Å². The average molecular weight is 238 g/mol. The molecule has 6 heteroatoms. The Morgan fingerprint density at radius 3 is 2.93 bits per heavy atom. The molecule has 2 aromatic rings. The molecule has 0 aliphatic heterocycles. The predicted octanol–water partition coefficient (Wildman–Crippen LogP) is 1.85. The van der Waals surface area contributed by atoms with Crippen LogP contribution in [0.2, 0.25) is 0 Å². The van der Waals surface area contributed by atoms with E-state index < -0.39 is 0 Å². The van der Waals surface area contributed by atoms with Gasteiger partial charge >= 0.3 is 0 Å². The summed E-state index contributed by atoms with van der Waals surface area (Å²) < 4.78 is 0.920. The number of nitrogen functional groups attached to an aromatic ring is 1. The molecule has 0 radical (unpaired) electrons. The van der Waals surface area contributed by atoms with Crippen LogP contribution in [0.5, 0.6) is 0 Å². The molecule has 0 aliphatic carbocycles. The number of nitrogens with two attached hydrogens (primary N) is 1. The van der Waals surface area contributed by atoms with Crippen LogP contribution in [0.25, 0.3) is 0 Å². The van der Waals surface area contributed by atoms with E-state index in [0.717, 1.165) is 22.2 Å². The molecule has 4 nitrogen and oxygen atoms in total. The van der Waals surface area contributed by atoms with Crippen molar-refractivity contribution < 1.29 is 0 Å². The summed E-state index contributed by atoms with van der Waals surface area (Å²) in [7, 11) is 0. The van der Waals surface area contributed by atoms with Gasteiger partial charge in [0.25, 0.3) is 0 Å². The van der Waals surface area contributed by atoms with Gasteiger partial charge in [-0.2, -0.15) is 0 Å². The van der Waals surface area contributed by atoms with Crippen LogP contribution >= 0.6 is 23.1 Å². The van der Waals surface area contributed by atoms with Crippen molar-refractivity contribution in [3.63, 3.8) is 0 Å². The van der Waals surface area contributed by atoms with Gasteiger partial charge in [0.1, 0.15) is 0 Å². The summed E-state index contributed by atoms with van der Waals surface area (Å²) >= 11 is 3.08. The molecule has 2 aromatic heterocycles. The Morgan fingerprint density at radius 2 is 2.27 bits per heavy atom. The Bertz CT molecular complexity index is 415. The second kappa shape index (κ2) is 5.09. The zero-order chi connectivity index (χ0) is 10.5. The van der Waals surface area contributed by atoms with E-state index in [-0.39, 0.29) is 0 Å². The minimum absolute atomic E-state index is 0.523. The number of hydrogen-bond acceptors (Lipinski definition) is 6. The quantitative estimate of drug-likeness (QED) is 0.823. The highest BCUT2D eigenvalue weighted by Crippen LogP contribution is 2.23. The zero-order valence-electron chi connectivity index (χ0n) is 7.96. The third kappa shape index (κ3) is 3.17. The lowest BCUT2D eigenvalue weighted by Gasteiger charge is -1.97. The van der Waals surface area contributed by atoms with E-state index in [1.807, 2.05) is 24.4 Å². The van der Waals surface area contributed by atoms with E-state index in [0.29, 0.717) is 5.13 Å². The number of rotatable bonds is 4. The summed E-state index contributed by atoms with van der Waals surface area (Å²) in [5.41, 5.74) is 6.58. The van der Waals surface area contributed by atoms with Crippen molar-refractivity contribution in [1.82, 2.24) is 15.2 Å². The third-order valence-electron chi connectivity index (χ3n) is 1.73. The molecule has 0 amide bonds. The highest BCUT2D eigenvalue weighted by Gasteiger charge is 2.01. The van der Waals surface area contributed by atoms with E-state index in [1.165, 1.54) is 11.3 Å². The summed E-state index contributed by atoms with van der Waals surface area (Å²) in [5.74, 6) is 0.950. The molecular formula is C9H10N4S2. The van der Waals surface area contributed by atoms with Crippen molar-refractivity contribution in [3.05, 3.63) is 30.1 Å². The van der Waals surface area contributed by atoms with E-state index in [4.69, 9.17) is 5.73 Å². The standard InChI is InChI=1S/C9H10N4S2/c10-8-12-13-9(15-8)14-6-4-7-3-1-2-5-11-7/h1-3,5H,4,6H2,(H2,10,12). The van der Waals surface area contributed by atoms with Gasteiger partial charge in [0, 0.05) is 17.6 Å². The Kier molecular flexibility index (Phi) is 3.52. The maximum Gasteiger partial charge on any atom is 0.203 e. The van der Waals surface area contributed by atoms with Crippen molar-refractivity contribution in [2.45, 2.75) is 10.8 Å². The second-order valence-electron chi connectivity index (χ2n) is 2.83. The van der Waals surface area contributed by atoms with E-state index >= 15 is 0 Å². The Morgan fingerprint density at radius 1 is 1.33 bits per heavy atom. The SMILES string of the molecule is Nc1nnc(SCCc2ccccn2)s1. The van der Waals surface area contributed by atoms with Crippen molar-refractivity contribution in [1.29, 1.82) is 0 Å². The molecule has 78 valence electrons. The van der Waals surface area contributed by atoms with Gasteiger partial charge in [-0.1, -0.05) is 29.2 Å². The van der Waals surface area contributed by atoms with Crippen molar-refractivity contribution in [2.75, 3.05) is 11.5 Å². The molecule has 0 saturated carbocycles. The van der Waals surface area contributed by atoms with Crippen LogP contribution in [0.15, 0.2) is 28.7 Å². The molecule has 2 rings (SSSR count). The Balaban J connectivity index is 1.80. The lowest BCUT2D eigenvalue weighted by Crippen LogP contribution is -1.91. The first-order valence-corrected chi connectivity index (χ1v) is 6.26. The maximum absolute atomic E-state index is 5.48. The first-order valence-electron chi connectivity index (χ1n) is 4.46. The second-order valence-corrected chi connectivity index (χ2v) is 5.18. The third-order valence-corrected chi connectivity index (χ3v) is 3.62. The summed E-state index contributed by atoms with van der Waals surface area (Å²) in [4.78, 5) is 4.24. The number of hydrogen-bond donors (Lipinski definition) is 1. The monoisotopic (exact) mass is 238 g/mol. The minimum Gasteiger partial charge on any atom is -0.374 e. The van der Waals surface area contributed by atoms with Gasteiger partial charge in [-0.05, 0) is 18.6 Å². The fourth-order valence-corrected chi connectivity index (χ4v) is 2.74. The normalized spacial score (nSPS) is 10.4. The van der Waals surface area contributed by atoms with Crippen LogP contribution in [-0.2, 0) is 6.42 Å². The molecule has 15 heavy (non-hydrogen) atoms. The lowest BCUT2D eigenvalue weighted by atomic mass is 10.3. The fourth-order valence-electron chi connectivity index (χ4n) is 1.07. The number of anilines is 1. The molecule has 0 spiro atoms. The Hall–Kier alpha value is -1.14. The molecule has 0 unspecified atom stereocenters. The van der Waals surface area contributed by atoms with E-state index in [1.54, 1.807) is 11.8 Å². The topological polar surface area (TPSA) is 64.7 Å². The van der Waals surface area contributed by atoms with E-state index in [9.17, 15) is 0 Å². The van der Waals surface area contributed by atoms with Gasteiger partial charge in [0.05, 0.1) is 0 Å². The van der Waals surface area contributed by atoms with Crippen LogP contribution in [0.3, 0.4) is 0 Å². The Labute approximate surface area is 95.9 Å². The largest absolute Gasteiger partial charge is 0.374 e. The molecule has 0 saturated heterocycles. The van der Waals surface area contributed by atoms with Crippen molar-refractivity contribution >= 4 is 28.2 Å². The fraction of sp³-hybridized carbons (Fsp3) is 0.222. The van der Waals surface area contributed by atoms with Gasteiger partial charge in [0.2, 0.25) is 5.13 Å². The maximum atomic E-state index is 5.48. The minimum atomic E-state index is 0.523. The number of thioether (sulfide) groups is 1. The molecular weight excluding hydrogens is 228 g/mol. The molecule has 0 aromatic carbocycles. The number of nitrogens with zero attached hydrogens (tertiary/aromatic N) is 3. The highest BCUT2D eigenvalue weighted by molar-refractivity contribution is 8.01. The molecule has 2 N–H and O–H groups in total. The van der Waals surface area contributed by atoms with Gasteiger partial charge in [0.15, 0.2) is 4.34 Å². The predicted molar refractivity (Wildman–Crippen MR) is 63.0 cm³/mol. The summed E-state index contributed by atoms with van der Waals surface area (Å²) in [5, 5.41) is 8.21. The molecule has 0 fully saturated rings. The molecule has 2 heterocycles. The first kappa shape index (κ1) is 10.4. The van der Waals surface area contributed by atoms with Gasteiger partial charge < -0.3 is 5.73 Å². The van der Waals surface area contributed by atoms with Crippen LogP contribution < -0.4 is 5.73 Å². The number of pyridine rings is 1. The van der Waals surface area contributed by atoms with Gasteiger partial charge in [-0.3, -0.25) is 4.98 Å². The van der Waals surface area contributed by atoms with Gasteiger partial charge in [-0.25, -0.2) is 0 Å². The zero-order valence-corrected chi connectivity index (χ0v) is 9.59. The van der Waals surface area contributed by atoms with Crippen LogP contribution in [0.1, 0.15) is 5.69 Å². The number of aryl methyl sites for hydroxylation is 1. The van der Waals surface area contributed by atoms with Crippen LogP contribution in [-0.4, -0.2) is 20.9 Å². The molecule has 0 atom stereocenters. The molecule has 0 aliphatic rings. The van der Waals surface area contributed by atoms with Crippen molar-refractivity contribution in [3.8, 4) is 0 Å². The first-order chi connectivity index (χ1) is 7.34. The molecule has 0 bridgehead atoms. The highest BCUT2D eigenvalue weighted by atomic mass is 32.2. The van der Waals surface area contributed by atoms with Gasteiger partial charge in [-0.15, -0.1) is 10.2 Å². The summed E-state index contributed by atoms with van der Waals surface area (Å²) in [6.07, 6.45) is 2.74. The van der Waals surface area contributed by atoms with Crippen LogP contribution in [0.4, 0.5) is 5.13 Å². The van der Waals surface area contributed by atoms with Crippen LogP contribution in [0, 0.1) is 0 Å². The number of aromatic nitrogens is 3.